The maximum Gasteiger partial charge on any atom is 0.223 e. The van der Waals surface area contributed by atoms with Gasteiger partial charge in [-0.25, -0.2) is 4.98 Å². The zero-order chi connectivity index (χ0) is 11.4. The summed E-state index contributed by atoms with van der Waals surface area (Å²) in [6.07, 6.45) is 2.67. The highest BCUT2D eigenvalue weighted by Gasteiger charge is 2.16. The highest BCUT2D eigenvalue weighted by atomic mass is 32.2. The van der Waals surface area contributed by atoms with Gasteiger partial charge in [0.1, 0.15) is 10.8 Å². The molecule has 1 unspecified atom stereocenters. The second-order valence-electron chi connectivity index (χ2n) is 3.65. The topological polar surface area (TPSA) is 73.1 Å². The molecule has 1 fully saturated rings. The number of thioether (sulfide) groups is 1. The van der Waals surface area contributed by atoms with Gasteiger partial charge in [-0.3, -0.25) is 0 Å². The Labute approximate surface area is 99.2 Å². The number of aromatic nitrogens is 2. The third-order valence-electron chi connectivity index (χ3n) is 2.42. The van der Waals surface area contributed by atoms with Crippen LogP contribution < -0.4 is 11.1 Å². The lowest BCUT2D eigenvalue weighted by Gasteiger charge is -2.09. The second kappa shape index (κ2) is 5.36. The van der Waals surface area contributed by atoms with Gasteiger partial charge in [0.05, 0.1) is 6.10 Å². The van der Waals surface area contributed by atoms with E-state index in [1.807, 2.05) is 13.1 Å². The van der Waals surface area contributed by atoms with Gasteiger partial charge in [-0.05, 0) is 12.8 Å². The normalized spacial score (nSPS) is 19.9. The van der Waals surface area contributed by atoms with Crippen molar-refractivity contribution in [2.24, 2.45) is 0 Å². The SMILES string of the molecule is CNc1cc(SCC2CCCO2)nc(N)n1. The molecule has 1 aliphatic rings. The molecule has 6 heteroatoms. The number of nitrogens with two attached hydrogens (primary N) is 1. The zero-order valence-electron chi connectivity index (χ0n) is 9.27. The second-order valence-corrected chi connectivity index (χ2v) is 4.69. The fourth-order valence-corrected chi connectivity index (χ4v) is 2.57. The number of nitrogens with one attached hydrogen (secondary N) is 1. The number of hydrogen-bond acceptors (Lipinski definition) is 6. The van der Waals surface area contributed by atoms with Crippen molar-refractivity contribution in [2.75, 3.05) is 30.5 Å². The van der Waals surface area contributed by atoms with E-state index in [0.717, 1.165) is 29.6 Å². The van der Waals surface area contributed by atoms with Crippen LogP contribution in [0.4, 0.5) is 11.8 Å². The molecule has 0 radical (unpaired) electrons. The zero-order valence-corrected chi connectivity index (χ0v) is 10.1. The van der Waals surface area contributed by atoms with Crippen molar-refractivity contribution < 1.29 is 4.74 Å². The van der Waals surface area contributed by atoms with Crippen LogP contribution in [0.25, 0.3) is 0 Å². The summed E-state index contributed by atoms with van der Waals surface area (Å²) in [7, 11) is 1.82. The summed E-state index contributed by atoms with van der Waals surface area (Å²) in [6.45, 7) is 0.888. The molecule has 0 aliphatic carbocycles. The van der Waals surface area contributed by atoms with Crippen LogP contribution in [-0.4, -0.2) is 35.5 Å². The monoisotopic (exact) mass is 240 g/mol. The summed E-state index contributed by atoms with van der Waals surface area (Å²) >= 11 is 1.67. The molecule has 1 saturated heterocycles. The van der Waals surface area contributed by atoms with Crippen LogP contribution in [0.5, 0.6) is 0 Å². The lowest BCUT2D eigenvalue weighted by Crippen LogP contribution is -2.08. The van der Waals surface area contributed by atoms with E-state index < -0.39 is 0 Å². The van der Waals surface area contributed by atoms with Gasteiger partial charge < -0.3 is 15.8 Å². The number of nitrogens with zero attached hydrogens (tertiary/aromatic N) is 2. The van der Waals surface area contributed by atoms with Crippen LogP contribution >= 0.6 is 11.8 Å². The molecule has 0 saturated carbocycles. The van der Waals surface area contributed by atoms with E-state index in [1.165, 1.54) is 6.42 Å². The van der Waals surface area contributed by atoms with E-state index in [4.69, 9.17) is 10.5 Å². The third kappa shape index (κ3) is 2.99. The van der Waals surface area contributed by atoms with Crippen LogP contribution in [0.1, 0.15) is 12.8 Å². The lowest BCUT2D eigenvalue weighted by molar-refractivity contribution is 0.129. The van der Waals surface area contributed by atoms with Gasteiger partial charge in [-0.2, -0.15) is 4.98 Å². The first kappa shape index (κ1) is 11.5. The van der Waals surface area contributed by atoms with Gasteiger partial charge >= 0.3 is 0 Å². The molecular formula is C10H16N4OS. The highest BCUT2D eigenvalue weighted by molar-refractivity contribution is 7.99. The predicted molar refractivity (Wildman–Crippen MR) is 65.7 cm³/mol. The number of rotatable bonds is 4. The van der Waals surface area contributed by atoms with Crippen LogP contribution in [0.3, 0.4) is 0 Å². The molecule has 0 aromatic carbocycles. The minimum Gasteiger partial charge on any atom is -0.377 e. The number of ether oxygens (including phenoxy) is 1. The van der Waals surface area contributed by atoms with Gasteiger partial charge in [0.2, 0.25) is 5.95 Å². The number of anilines is 2. The molecule has 0 amide bonds. The fourth-order valence-electron chi connectivity index (χ4n) is 1.60. The fraction of sp³-hybridized carbons (Fsp3) is 0.600. The van der Waals surface area contributed by atoms with Crippen LogP contribution in [0, 0.1) is 0 Å². The molecular weight excluding hydrogens is 224 g/mol. The molecule has 1 atom stereocenters. The molecule has 3 N–H and O–H groups in total. The smallest absolute Gasteiger partial charge is 0.223 e. The Morgan fingerprint density at radius 3 is 3.19 bits per heavy atom. The van der Waals surface area contributed by atoms with Crippen molar-refractivity contribution in [1.82, 2.24) is 9.97 Å². The van der Waals surface area contributed by atoms with Crippen LogP contribution in [0.2, 0.25) is 0 Å². The van der Waals surface area contributed by atoms with Crippen molar-refractivity contribution in [3.05, 3.63) is 6.07 Å². The number of hydrogen-bond donors (Lipinski definition) is 2. The average Bonchev–Trinajstić information content (AvgIpc) is 2.78. The van der Waals surface area contributed by atoms with E-state index >= 15 is 0 Å². The minimum absolute atomic E-state index is 0.307. The van der Waals surface area contributed by atoms with Crippen LogP contribution in [0.15, 0.2) is 11.1 Å². The summed E-state index contributed by atoms with van der Waals surface area (Å²) in [5.41, 5.74) is 5.61. The van der Waals surface area contributed by atoms with E-state index in [2.05, 4.69) is 15.3 Å². The average molecular weight is 240 g/mol. The largest absolute Gasteiger partial charge is 0.377 e. The van der Waals surface area contributed by atoms with Gasteiger partial charge in [-0.1, -0.05) is 0 Å². The molecule has 0 spiro atoms. The first-order valence-corrected chi connectivity index (χ1v) is 6.33. The van der Waals surface area contributed by atoms with E-state index in [1.54, 1.807) is 11.8 Å². The summed E-state index contributed by atoms with van der Waals surface area (Å²) in [6, 6.07) is 1.90. The van der Waals surface area contributed by atoms with E-state index in [-0.39, 0.29) is 0 Å². The first-order valence-electron chi connectivity index (χ1n) is 5.34. The molecule has 16 heavy (non-hydrogen) atoms. The highest BCUT2D eigenvalue weighted by Crippen LogP contribution is 2.24. The Morgan fingerprint density at radius 2 is 2.50 bits per heavy atom. The summed E-state index contributed by atoms with van der Waals surface area (Å²) in [5, 5.41) is 3.86. The van der Waals surface area contributed by atoms with Crippen molar-refractivity contribution in [3.8, 4) is 0 Å². The Morgan fingerprint density at radius 1 is 1.62 bits per heavy atom. The maximum absolute atomic E-state index is 5.61. The standard InChI is InChI=1S/C10H16N4OS/c1-12-8-5-9(14-10(11)13-8)16-6-7-3-2-4-15-7/h5,7H,2-4,6H2,1H3,(H3,11,12,13,14). The van der Waals surface area contributed by atoms with E-state index in [0.29, 0.717) is 12.1 Å². The predicted octanol–water partition coefficient (Wildman–Crippen LogP) is 1.37. The third-order valence-corrected chi connectivity index (χ3v) is 3.46. The van der Waals surface area contributed by atoms with Crippen molar-refractivity contribution in [3.63, 3.8) is 0 Å². The molecule has 88 valence electrons. The maximum atomic E-state index is 5.61. The lowest BCUT2D eigenvalue weighted by atomic mass is 10.3. The molecule has 1 aromatic rings. The number of nitrogen functional groups attached to an aromatic ring is 1. The Kier molecular flexibility index (Phi) is 3.84. The summed E-state index contributed by atoms with van der Waals surface area (Å²) < 4.78 is 5.55. The first-order chi connectivity index (χ1) is 7.78. The Balaban J connectivity index is 1.94. The van der Waals surface area contributed by atoms with E-state index in [9.17, 15) is 0 Å². The van der Waals surface area contributed by atoms with Gasteiger partial charge in [-0.15, -0.1) is 11.8 Å². The van der Waals surface area contributed by atoms with Gasteiger partial charge in [0.15, 0.2) is 0 Å². The van der Waals surface area contributed by atoms with Gasteiger partial charge in [0.25, 0.3) is 0 Å². The molecule has 5 nitrogen and oxygen atoms in total. The van der Waals surface area contributed by atoms with Crippen LogP contribution in [-0.2, 0) is 4.74 Å². The quantitative estimate of drug-likeness (QED) is 0.611. The van der Waals surface area contributed by atoms with Crippen molar-refractivity contribution in [1.29, 1.82) is 0 Å². The molecule has 0 bridgehead atoms. The molecule has 2 rings (SSSR count). The molecule has 1 aliphatic heterocycles. The van der Waals surface area contributed by atoms with Crippen molar-refractivity contribution in [2.45, 2.75) is 24.0 Å². The Hall–Kier alpha value is -1.01. The van der Waals surface area contributed by atoms with Gasteiger partial charge in [0, 0.05) is 25.5 Å². The Bertz CT molecular complexity index is 355. The molecule has 2 heterocycles. The summed E-state index contributed by atoms with van der Waals surface area (Å²) in [5.74, 6) is 1.99. The minimum atomic E-state index is 0.307. The van der Waals surface area contributed by atoms with Crippen molar-refractivity contribution >= 4 is 23.5 Å². The molecule has 1 aromatic heterocycles. The summed E-state index contributed by atoms with van der Waals surface area (Å²) in [4.78, 5) is 8.22.